The zero-order valence-corrected chi connectivity index (χ0v) is 16.3. The van der Waals surface area contributed by atoms with Crippen LogP contribution in [0.1, 0.15) is 0 Å². The number of fused-ring (bicyclic) bond motifs is 1. The highest BCUT2D eigenvalue weighted by molar-refractivity contribution is 8.01. The molecule has 0 fully saturated rings. The van der Waals surface area contributed by atoms with Crippen LogP contribution in [0.25, 0.3) is 10.2 Å². The fraction of sp³-hybridized carbons (Fsp3) is 0.286. The topological polar surface area (TPSA) is 112 Å². The second kappa shape index (κ2) is 8.47. The number of carbonyl (C=O) groups excluding carboxylic acids is 2. The minimum absolute atomic E-state index is 0.151. The third-order valence-electron chi connectivity index (χ3n) is 3.11. The van der Waals surface area contributed by atoms with E-state index in [0.29, 0.717) is 10.8 Å². The van der Waals surface area contributed by atoms with Crippen molar-refractivity contribution >= 4 is 62.6 Å². The van der Waals surface area contributed by atoms with Gasteiger partial charge in [-0.1, -0.05) is 23.5 Å². The van der Waals surface area contributed by atoms with E-state index < -0.39 is 0 Å². The molecule has 3 rings (SSSR count). The van der Waals surface area contributed by atoms with E-state index in [0.717, 1.165) is 14.6 Å². The third kappa shape index (κ3) is 4.71. The summed E-state index contributed by atoms with van der Waals surface area (Å²) in [6.07, 6.45) is 0. The number of aryl methyl sites for hydroxylation is 1. The first kappa shape index (κ1) is 18.6. The lowest BCUT2D eigenvalue weighted by Gasteiger charge is -2.04. The molecule has 2 heterocycles. The number of esters is 1. The standard InChI is InChI=1S/C14H14N6O3S3/c1-20-13(17-18-19-20)24-6-11(21)15-8-3-4-9-10(5-8)26-14(16-9)25-7-12(22)23-2/h3-5H,6-7H2,1-2H3,(H,15,21). The maximum absolute atomic E-state index is 12.1. The summed E-state index contributed by atoms with van der Waals surface area (Å²) in [4.78, 5) is 27.8. The molecule has 0 aliphatic heterocycles. The Kier molecular flexibility index (Phi) is 6.06. The average Bonchev–Trinajstić information content (AvgIpc) is 3.23. The number of tetrazole rings is 1. The number of nitrogens with one attached hydrogen (secondary N) is 1. The van der Waals surface area contributed by atoms with Gasteiger partial charge in [0, 0.05) is 12.7 Å². The molecule has 0 saturated carbocycles. The van der Waals surface area contributed by atoms with Crippen LogP contribution in [-0.2, 0) is 21.4 Å². The molecule has 0 spiro atoms. The van der Waals surface area contributed by atoms with Gasteiger partial charge in [-0.25, -0.2) is 9.67 Å². The van der Waals surface area contributed by atoms with Crippen LogP contribution in [0, 0.1) is 0 Å². The Morgan fingerprint density at radius 3 is 2.88 bits per heavy atom. The molecule has 1 N–H and O–H groups in total. The summed E-state index contributed by atoms with van der Waals surface area (Å²) in [6.45, 7) is 0. The van der Waals surface area contributed by atoms with Crippen molar-refractivity contribution in [3.63, 3.8) is 0 Å². The molecule has 1 aromatic carbocycles. The maximum atomic E-state index is 12.1. The Morgan fingerprint density at radius 2 is 2.15 bits per heavy atom. The van der Waals surface area contributed by atoms with E-state index in [-0.39, 0.29) is 23.4 Å². The zero-order chi connectivity index (χ0) is 18.5. The van der Waals surface area contributed by atoms with Gasteiger partial charge in [0.05, 0.1) is 28.8 Å². The number of ether oxygens (including phenoxy) is 1. The van der Waals surface area contributed by atoms with Crippen molar-refractivity contribution in [2.75, 3.05) is 23.9 Å². The van der Waals surface area contributed by atoms with Gasteiger partial charge in [0.2, 0.25) is 11.1 Å². The molecule has 0 unspecified atom stereocenters. The predicted octanol–water partition coefficient (Wildman–Crippen LogP) is 1.82. The minimum atomic E-state index is -0.294. The first-order valence-electron chi connectivity index (χ1n) is 7.30. The van der Waals surface area contributed by atoms with Crippen LogP contribution in [0.5, 0.6) is 0 Å². The van der Waals surface area contributed by atoms with Gasteiger partial charge in [0.1, 0.15) is 0 Å². The van der Waals surface area contributed by atoms with Crippen LogP contribution in [0.2, 0.25) is 0 Å². The van der Waals surface area contributed by atoms with Crippen molar-refractivity contribution in [1.82, 2.24) is 25.2 Å². The van der Waals surface area contributed by atoms with E-state index in [4.69, 9.17) is 0 Å². The number of hydrogen-bond donors (Lipinski definition) is 1. The number of nitrogens with zero attached hydrogens (tertiary/aromatic N) is 5. The van der Waals surface area contributed by atoms with Crippen molar-refractivity contribution in [1.29, 1.82) is 0 Å². The summed E-state index contributed by atoms with van der Waals surface area (Å²) in [5.41, 5.74) is 1.51. The first-order chi connectivity index (χ1) is 12.5. The summed E-state index contributed by atoms with van der Waals surface area (Å²) < 4.78 is 7.84. The monoisotopic (exact) mass is 410 g/mol. The van der Waals surface area contributed by atoms with Crippen molar-refractivity contribution < 1.29 is 14.3 Å². The highest BCUT2D eigenvalue weighted by Crippen LogP contribution is 2.31. The lowest BCUT2D eigenvalue weighted by molar-refractivity contribution is -0.137. The highest BCUT2D eigenvalue weighted by atomic mass is 32.2. The molecule has 0 atom stereocenters. The van der Waals surface area contributed by atoms with Gasteiger partial charge in [-0.2, -0.15) is 0 Å². The number of methoxy groups -OCH3 is 1. The molecule has 136 valence electrons. The molecular formula is C14H14N6O3S3. The highest BCUT2D eigenvalue weighted by Gasteiger charge is 2.11. The van der Waals surface area contributed by atoms with Crippen LogP contribution in [-0.4, -0.2) is 55.7 Å². The molecular weight excluding hydrogens is 396 g/mol. The van der Waals surface area contributed by atoms with Gasteiger partial charge in [0.15, 0.2) is 4.34 Å². The van der Waals surface area contributed by atoms with Gasteiger partial charge in [0.25, 0.3) is 0 Å². The third-order valence-corrected chi connectivity index (χ3v) is 6.25. The van der Waals surface area contributed by atoms with Crippen LogP contribution < -0.4 is 5.32 Å². The number of aromatic nitrogens is 5. The van der Waals surface area contributed by atoms with E-state index >= 15 is 0 Å². The molecule has 3 aromatic rings. The predicted molar refractivity (Wildman–Crippen MR) is 101 cm³/mol. The fourth-order valence-electron chi connectivity index (χ4n) is 1.89. The van der Waals surface area contributed by atoms with Gasteiger partial charge in [-0.15, -0.1) is 16.4 Å². The Bertz CT molecular complexity index is 941. The number of thioether (sulfide) groups is 2. The molecule has 0 radical (unpaired) electrons. The number of carbonyl (C=O) groups is 2. The number of thiazole rings is 1. The Hall–Kier alpha value is -2.18. The Balaban J connectivity index is 1.60. The summed E-state index contributed by atoms with van der Waals surface area (Å²) in [7, 11) is 3.07. The molecule has 9 nitrogen and oxygen atoms in total. The number of rotatable bonds is 7. The maximum Gasteiger partial charge on any atom is 0.316 e. The van der Waals surface area contributed by atoms with Gasteiger partial charge in [-0.05, 0) is 28.6 Å². The number of amides is 1. The molecule has 12 heteroatoms. The zero-order valence-electron chi connectivity index (χ0n) is 13.8. The van der Waals surface area contributed by atoms with Gasteiger partial charge in [-0.3, -0.25) is 9.59 Å². The lowest BCUT2D eigenvalue weighted by atomic mass is 10.3. The molecule has 0 aliphatic rings. The van der Waals surface area contributed by atoms with Gasteiger partial charge >= 0.3 is 5.97 Å². The van der Waals surface area contributed by atoms with E-state index in [1.165, 1.54) is 46.7 Å². The first-order valence-corrected chi connectivity index (χ1v) is 10.1. The second-order valence-electron chi connectivity index (χ2n) is 4.95. The van der Waals surface area contributed by atoms with Crippen molar-refractivity contribution in [2.45, 2.75) is 9.50 Å². The second-order valence-corrected chi connectivity index (χ2v) is 8.14. The van der Waals surface area contributed by atoms with Crippen LogP contribution in [0.3, 0.4) is 0 Å². The van der Waals surface area contributed by atoms with Crippen molar-refractivity contribution in [3.8, 4) is 0 Å². The van der Waals surface area contributed by atoms with Crippen molar-refractivity contribution in [3.05, 3.63) is 18.2 Å². The van der Waals surface area contributed by atoms with E-state index in [1.807, 2.05) is 12.1 Å². The molecule has 2 aromatic heterocycles. The minimum Gasteiger partial charge on any atom is -0.468 e. The van der Waals surface area contributed by atoms with Crippen LogP contribution in [0.4, 0.5) is 5.69 Å². The molecule has 0 aliphatic carbocycles. The summed E-state index contributed by atoms with van der Waals surface area (Å²) in [6, 6.07) is 5.49. The lowest BCUT2D eigenvalue weighted by Crippen LogP contribution is -2.14. The van der Waals surface area contributed by atoms with Crippen molar-refractivity contribution in [2.24, 2.45) is 7.05 Å². The van der Waals surface area contributed by atoms with Crippen LogP contribution in [0.15, 0.2) is 27.7 Å². The molecule has 0 saturated heterocycles. The molecule has 1 amide bonds. The van der Waals surface area contributed by atoms with E-state index in [2.05, 4.69) is 30.6 Å². The Morgan fingerprint density at radius 1 is 1.31 bits per heavy atom. The summed E-state index contributed by atoms with van der Waals surface area (Å²) >= 11 is 4.05. The molecule has 26 heavy (non-hydrogen) atoms. The van der Waals surface area contributed by atoms with E-state index in [1.54, 1.807) is 13.1 Å². The van der Waals surface area contributed by atoms with Crippen LogP contribution >= 0.6 is 34.9 Å². The number of benzene rings is 1. The van der Waals surface area contributed by atoms with Gasteiger partial charge < -0.3 is 10.1 Å². The average molecular weight is 411 g/mol. The molecule has 0 bridgehead atoms. The fourth-order valence-corrected chi connectivity index (χ4v) is 4.48. The Labute approximate surface area is 160 Å². The number of hydrogen-bond acceptors (Lipinski definition) is 10. The smallest absolute Gasteiger partial charge is 0.316 e. The summed E-state index contributed by atoms with van der Waals surface area (Å²) in [5, 5.41) is 14.5. The number of anilines is 1. The quantitative estimate of drug-likeness (QED) is 0.460. The largest absolute Gasteiger partial charge is 0.468 e. The SMILES string of the molecule is COC(=O)CSc1nc2ccc(NC(=O)CSc3nnnn3C)cc2s1. The summed E-state index contributed by atoms with van der Waals surface area (Å²) in [5.74, 6) is -0.0246. The van der Waals surface area contributed by atoms with E-state index in [9.17, 15) is 9.59 Å². The normalized spacial score (nSPS) is 10.8.